The molecule has 0 bridgehead atoms. The number of hydrogen-bond donors (Lipinski definition) is 2. The Morgan fingerprint density at radius 2 is 1.89 bits per heavy atom. The molecule has 0 saturated carbocycles. The van der Waals surface area contributed by atoms with Crippen LogP contribution in [0.1, 0.15) is 30.5 Å². The normalized spacial score (nSPS) is 15.0. The van der Waals surface area contributed by atoms with Crippen LogP contribution in [0.15, 0.2) is 35.3 Å². The largest absolute Gasteiger partial charge is 0.369 e. The zero-order chi connectivity index (χ0) is 20.1. The highest BCUT2D eigenvalue weighted by Gasteiger charge is 2.26. The lowest BCUT2D eigenvalue weighted by atomic mass is 9.96. The van der Waals surface area contributed by atoms with Crippen molar-refractivity contribution < 1.29 is 9.18 Å². The van der Waals surface area contributed by atoms with Gasteiger partial charge in [-0.15, -0.1) is 0 Å². The summed E-state index contributed by atoms with van der Waals surface area (Å²) in [6, 6.07) is 6.10. The Kier molecular flexibility index (Phi) is 6.41. The number of nitrogens with two attached hydrogens (primary N) is 2. The van der Waals surface area contributed by atoms with Gasteiger partial charge in [-0.2, -0.15) is 0 Å². The maximum atomic E-state index is 13.2. The van der Waals surface area contributed by atoms with Crippen molar-refractivity contribution in [2.24, 2.45) is 17.4 Å². The molecule has 0 atom stereocenters. The van der Waals surface area contributed by atoms with Gasteiger partial charge in [-0.3, -0.25) is 9.59 Å². The fourth-order valence-corrected chi connectivity index (χ4v) is 3.47. The molecule has 1 fully saturated rings. The third kappa shape index (κ3) is 4.75. The van der Waals surface area contributed by atoms with E-state index >= 15 is 0 Å². The first kappa shape index (κ1) is 20.0. The van der Waals surface area contributed by atoms with Gasteiger partial charge in [0.25, 0.3) is 5.56 Å². The number of amides is 1. The van der Waals surface area contributed by atoms with Crippen LogP contribution in [0.25, 0.3) is 0 Å². The van der Waals surface area contributed by atoms with Crippen LogP contribution in [0, 0.1) is 11.7 Å². The van der Waals surface area contributed by atoms with E-state index in [1.807, 2.05) is 4.90 Å². The molecule has 8 heteroatoms. The molecule has 4 N–H and O–H groups in total. The van der Waals surface area contributed by atoms with Gasteiger partial charge in [0.15, 0.2) is 5.82 Å². The van der Waals surface area contributed by atoms with Crippen molar-refractivity contribution in [1.82, 2.24) is 9.55 Å². The van der Waals surface area contributed by atoms with Gasteiger partial charge in [0.1, 0.15) is 5.82 Å². The summed E-state index contributed by atoms with van der Waals surface area (Å²) in [7, 11) is 0. The highest BCUT2D eigenvalue weighted by molar-refractivity contribution is 5.76. The summed E-state index contributed by atoms with van der Waals surface area (Å²) < 4.78 is 14.8. The van der Waals surface area contributed by atoms with Gasteiger partial charge in [-0.05, 0) is 49.9 Å². The molecular weight excluding hydrogens is 361 g/mol. The molecule has 7 nitrogen and oxygen atoms in total. The number of rotatable bonds is 7. The Balaban J connectivity index is 1.89. The van der Waals surface area contributed by atoms with Gasteiger partial charge in [-0.1, -0.05) is 12.1 Å². The topological polar surface area (TPSA) is 107 Å². The summed E-state index contributed by atoms with van der Waals surface area (Å²) in [6.07, 6.45) is 4.42. The average Bonchev–Trinajstić information content (AvgIpc) is 2.70. The van der Waals surface area contributed by atoms with Crippen molar-refractivity contribution in [2.75, 3.05) is 24.5 Å². The van der Waals surface area contributed by atoms with Crippen LogP contribution in [0.3, 0.4) is 0 Å². The van der Waals surface area contributed by atoms with E-state index in [2.05, 4.69) is 4.98 Å². The number of hydrogen-bond acceptors (Lipinski definition) is 5. The Labute approximate surface area is 163 Å². The number of aromatic nitrogens is 2. The quantitative estimate of drug-likeness (QED) is 0.738. The minimum atomic E-state index is -0.313. The fourth-order valence-electron chi connectivity index (χ4n) is 3.47. The van der Waals surface area contributed by atoms with Crippen LogP contribution in [-0.4, -0.2) is 35.1 Å². The van der Waals surface area contributed by atoms with Crippen molar-refractivity contribution in [3.05, 3.63) is 57.9 Å². The number of anilines is 1. The van der Waals surface area contributed by atoms with Gasteiger partial charge >= 0.3 is 0 Å². The molecule has 1 saturated heterocycles. The molecule has 2 aromatic rings. The summed E-state index contributed by atoms with van der Waals surface area (Å²) >= 11 is 0. The summed E-state index contributed by atoms with van der Waals surface area (Å²) in [6.45, 7) is 2.00. The Morgan fingerprint density at radius 3 is 2.50 bits per heavy atom. The zero-order valence-electron chi connectivity index (χ0n) is 15.8. The molecule has 0 spiro atoms. The summed E-state index contributed by atoms with van der Waals surface area (Å²) in [5.41, 5.74) is 12.5. The maximum absolute atomic E-state index is 13.2. The van der Waals surface area contributed by atoms with E-state index in [0.29, 0.717) is 51.3 Å². The van der Waals surface area contributed by atoms with E-state index in [-0.39, 0.29) is 23.2 Å². The van der Waals surface area contributed by atoms with Crippen LogP contribution < -0.4 is 21.9 Å². The molecule has 1 aliphatic heterocycles. The van der Waals surface area contributed by atoms with Crippen LogP contribution in [0.2, 0.25) is 0 Å². The summed E-state index contributed by atoms with van der Waals surface area (Å²) in [5.74, 6) is -0.372. The number of carbonyl (C=O) groups is 1. The molecule has 0 radical (unpaired) electrons. The van der Waals surface area contributed by atoms with E-state index in [4.69, 9.17) is 11.5 Å². The van der Waals surface area contributed by atoms with Crippen LogP contribution in [-0.2, 0) is 17.8 Å². The SMILES string of the molecule is NCCCc1cn(Cc2ccc(F)cc2)c(=O)c(N2CCC(C(N)=O)CC2)n1. The predicted molar refractivity (Wildman–Crippen MR) is 106 cm³/mol. The third-order valence-electron chi connectivity index (χ3n) is 5.11. The number of primary amides is 1. The van der Waals surface area contributed by atoms with E-state index in [1.54, 1.807) is 22.9 Å². The first-order chi connectivity index (χ1) is 13.5. The second-order valence-corrected chi connectivity index (χ2v) is 7.17. The average molecular weight is 387 g/mol. The molecule has 1 aromatic carbocycles. The molecular formula is C20H26FN5O2. The lowest BCUT2D eigenvalue weighted by molar-refractivity contribution is -0.122. The van der Waals surface area contributed by atoms with E-state index in [1.165, 1.54) is 12.1 Å². The Hall–Kier alpha value is -2.74. The number of halogens is 1. The van der Waals surface area contributed by atoms with Crippen molar-refractivity contribution in [1.29, 1.82) is 0 Å². The van der Waals surface area contributed by atoms with Crippen molar-refractivity contribution in [2.45, 2.75) is 32.2 Å². The monoisotopic (exact) mass is 387 g/mol. The van der Waals surface area contributed by atoms with Gasteiger partial charge in [0.2, 0.25) is 5.91 Å². The minimum absolute atomic E-state index is 0.155. The molecule has 1 aliphatic rings. The molecule has 3 rings (SSSR count). The zero-order valence-corrected chi connectivity index (χ0v) is 15.8. The Morgan fingerprint density at radius 1 is 1.21 bits per heavy atom. The van der Waals surface area contributed by atoms with E-state index in [0.717, 1.165) is 17.7 Å². The highest BCUT2D eigenvalue weighted by atomic mass is 19.1. The fraction of sp³-hybridized carbons (Fsp3) is 0.450. The van der Waals surface area contributed by atoms with Crippen LogP contribution in [0.4, 0.5) is 10.2 Å². The minimum Gasteiger partial charge on any atom is -0.369 e. The van der Waals surface area contributed by atoms with Crippen molar-refractivity contribution in [3.8, 4) is 0 Å². The first-order valence-electron chi connectivity index (χ1n) is 9.57. The molecule has 2 heterocycles. The number of nitrogens with zero attached hydrogens (tertiary/aromatic N) is 3. The van der Waals surface area contributed by atoms with Crippen molar-refractivity contribution >= 4 is 11.7 Å². The number of aryl methyl sites for hydroxylation is 1. The first-order valence-corrected chi connectivity index (χ1v) is 9.57. The second-order valence-electron chi connectivity index (χ2n) is 7.17. The highest BCUT2D eigenvalue weighted by Crippen LogP contribution is 2.20. The van der Waals surface area contributed by atoms with Crippen molar-refractivity contribution in [3.63, 3.8) is 0 Å². The van der Waals surface area contributed by atoms with Gasteiger partial charge in [0.05, 0.1) is 12.2 Å². The molecule has 1 amide bonds. The predicted octanol–water partition coefficient (Wildman–Crippen LogP) is 1.02. The summed E-state index contributed by atoms with van der Waals surface area (Å²) in [4.78, 5) is 31.0. The van der Waals surface area contributed by atoms with Gasteiger partial charge in [0, 0.05) is 25.2 Å². The molecule has 150 valence electrons. The van der Waals surface area contributed by atoms with Crippen LogP contribution >= 0.6 is 0 Å². The molecule has 28 heavy (non-hydrogen) atoms. The molecule has 1 aromatic heterocycles. The lowest BCUT2D eigenvalue weighted by Crippen LogP contribution is -2.42. The Bertz CT molecular complexity index is 873. The molecule has 0 unspecified atom stereocenters. The number of piperidine rings is 1. The maximum Gasteiger partial charge on any atom is 0.293 e. The number of carbonyl (C=O) groups excluding carboxylic acids is 1. The van der Waals surface area contributed by atoms with Gasteiger partial charge in [-0.25, -0.2) is 9.37 Å². The third-order valence-corrected chi connectivity index (χ3v) is 5.11. The van der Waals surface area contributed by atoms with Gasteiger partial charge < -0.3 is 20.9 Å². The smallest absolute Gasteiger partial charge is 0.293 e. The standard InChI is InChI=1S/C20H26FN5O2/c21-16-5-3-14(4-6-16)12-26-13-17(2-1-9-22)24-19(20(26)28)25-10-7-15(8-11-25)18(23)27/h3-6,13,15H,1-2,7-12,22H2,(H2,23,27). The lowest BCUT2D eigenvalue weighted by Gasteiger charge is -2.31. The van der Waals surface area contributed by atoms with E-state index in [9.17, 15) is 14.0 Å². The van der Waals surface area contributed by atoms with E-state index < -0.39 is 0 Å². The molecule has 0 aliphatic carbocycles. The second kappa shape index (κ2) is 8.97. The number of benzene rings is 1. The van der Waals surface area contributed by atoms with Crippen LogP contribution in [0.5, 0.6) is 0 Å². The summed E-state index contributed by atoms with van der Waals surface area (Å²) in [5, 5.41) is 0.